The van der Waals surface area contributed by atoms with Gasteiger partial charge in [-0.2, -0.15) is 0 Å². The third kappa shape index (κ3) is 2.14. The molecule has 0 aliphatic rings. The number of pyridine rings is 1. The van der Waals surface area contributed by atoms with Crippen LogP contribution in [0, 0.1) is 0 Å². The van der Waals surface area contributed by atoms with E-state index in [0.717, 1.165) is 29.9 Å². The van der Waals surface area contributed by atoms with E-state index < -0.39 is 0 Å². The fraction of sp³-hybridized carbons (Fsp3) is 0.308. The Balaban J connectivity index is 2.38. The summed E-state index contributed by atoms with van der Waals surface area (Å²) in [7, 11) is 0. The van der Waals surface area contributed by atoms with E-state index in [1.807, 2.05) is 30.6 Å². The monoisotopic (exact) mass is 216 g/mol. The molecule has 0 amide bonds. The van der Waals surface area contributed by atoms with Crippen LogP contribution in [0.15, 0.2) is 35.0 Å². The SMILES string of the molecule is CCCc1ccncc1-c1ccc(CN)o1. The Morgan fingerprint density at radius 3 is 2.88 bits per heavy atom. The third-order valence-electron chi connectivity index (χ3n) is 2.56. The van der Waals surface area contributed by atoms with Crippen LogP contribution in [0.3, 0.4) is 0 Å². The van der Waals surface area contributed by atoms with Crippen molar-refractivity contribution in [3.05, 3.63) is 41.9 Å². The van der Waals surface area contributed by atoms with E-state index in [0.29, 0.717) is 6.54 Å². The van der Waals surface area contributed by atoms with Crippen LogP contribution in [0.5, 0.6) is 0 Å². The van der Waals surface area contributed by atoms with Gasteiger partial charge in [0.05, 0.1) is 6.54 Å². The van der Waals surface area contributed by atoms with E-state index >= 15 is 0 Å². The molecular weight excluding hydrogens is 200 g/mol. The third-order valence-corrected chi connectivity index (χ3v) is 2.56. The van der Waals surface area contributed by atoms with Crippen LogP contribution in [0.2, 0.25) is 0 Å². The first kappa shape index (κ1) is 10.9. The first-order valence-electron chi connectivity index (χ1n) is 5.57. The van der Waals surface area contributed by atoms with Gasteiger partial charge in [-0.15, -0.1) is 0 Å². The zero-order valence-corrected chi connectivity index (χ0v) is 9.44. The normalized spacial score (nSPS) is 10.6. The van der Waals surface area contributed by atoms with Gasteiger partial charge >= 0.3 is 0 Å². The molecule has 3 heteroatoms. The Labute approximate surface area is 95.3 Å². The highest BCUT2D eigenvalue weighted by molar-refractivity contribution is 5.61. The van der Waals surface area contributed by atoms with Crippen LogP contribution < -0.4 is 5.73 Å². The van der Waals surface area contributed by atoms with Gasteiger partial charge in [0.25, 0.3) is 0 Å². The Bertz CT molecular complexity index is 462. The number of hydrogen-bond donors (Lipinski definition) is 1. The number of rotatable bonds is 4. The van der Waals surface area contributed by atoms with Crippen molar-refractivity contribution >= 4 is 0 Å². The van der Waals surface area contributed by atoms with Gasteiger partial charge < -0.3 is 10.2 Å². The Morgan fingerprint density at radius 2 is 2.19 bits per heavy atom. The summed E-state index contributed by atoms with van der Waals surface area (Å²) in [5.74, 6) is 1.67. The minimum atomic E-state index is 0.434. The molecule has 0 fully saturated rings. The second-order valence-corrected chi connectivity index (χ2v) is 3.75. The van der Waals surface area contributed by atoms with Gasteiger partial charge in [0.1, 0.15) is 11.5 Å². The highest BCUT2D eigenvalue weighted by atomic mass is 16.3. The van der Waals surface area contributed by atoms with E-state index in [9.17, 15) is 0 Å². The summed E-state index contributed by atoms with van der Waals surface area (Å²) in [6.45, 7) is 2.60. The highest BCUT2D eigenvalue weighted by Gasteiger charge is 2.08. The van der Waals surface area contributed by atoms with Gasteiger partial charge in [0.2, 0.25) is 0 Å². The first-order chi connectivity index (χ1) is 7.85. The number of aromatic nitrogens is 1. The van der Waals surface area contributed by atoms with E-state index in [-0.39, 0.29) is 0 Å². The molecule has 0 unspecified atom stereocenters. The molecule has 2 aromatic heterocycles. The van der Waals surface area contributed by atoms with Crippen LogP contribution in [0.4, 0.5) is 0 Å². The van der Waals surface area contributed by atoms with Crippen LogP contribution in [-0.2, 0) is 13.0 Å². The summed E-state index contributed by atoms with van der Waals surface area (Å²) in [4.78, 5) is 4.15. The van der Waals surface area contributed by atoms with Gasteiger partial charge in [-0.25, -0.2) is 0 Å². The lowest BCUT2D eigenvalue weighted by atomic mass is 10.0. The molecule has 0 aliphatic heterocycles. The maximum Gasteiger partial charge on any atom is 0.136 e. The molecule has 0 spiro atoms. The van der Waals surface area contributed by atoms with E-state index in [1.165, 1.54) is 5.56 Å². The van der Waals surface area contributed by atoms with Crippen molar-refractivity contribution in [1.29, 1.82) is 0 Å². The van der Waals surface area contributed by atoms with Gasteiger partial charge in [0.15, 0.2) is 0 Å². The lowest BCUT2D eigenvalue weighted by molar-refractivity contribution is 0.524. The molecule has 0 saturated carbocycles. The van der Waals surface area contributed by atoms with Crippen LogP contribution >= 0.6 is 0 Å². The molecule has 0 radical (unpaired) electrons. The largest absolute Gasteiger partial charge is 0.460 e. The van der Waals surface area contributed by atoms with Crippen LogP contribution in [-0.4, -0.2) is 4.98 Å². The lowest BCUT2D eigenvalue weighted by Gasteiger charge is -2.04. The summed E-state index contributed by atoms with van der Waals surface area (Å²) in [5.41, 5.74) is 7.88. The smallest absolute Gasteiger partial charge is 0.136 e. The molecule has 3 nitrogen and oxygen atoms in total. The quantitative estimate of drug-likeness (QED) is 0.855. The summed E-state index contributed by atoms with van der Waals surface area (Å²) >= 11 is 0. The van der Waals surface area contributed by atoms with Crippen LogP contribution in [0.1, 0.15) is 24.7 Å². The van der Waals surface area contributed by atoms with Gasteiger partial charge in [-0.05, 0) is 30.2 Å². The molecule has 2 N–H and O–H groups in total. The molecule has 0 aromatic carbocycles. The zero-order valence-electron chi connectivity index (χ0n) is 9.44. The number of aryl methyl sites for hydroxylation is 1. The van der Waals surface area contributed by atoms with Crippen molar-refractivity contribution in [2.24, 2.45) is 5.73 Å². The van der Waals surface area contributed by atoms with E-state index in [4.69, 9.17) is 10.2 Å². The van der Waals surface area contributed by atoms with Gasteiger partial charge in [-0.3, -0.25) is 4.98 Å². The molecule has 2 heterocycles. The maximum atomic E-state index is 5.64. The molecule has 84 valence electrons. The first-order valence-corrected chi connectivity index (χ1v) is 5.57. The summed E-state index contributed by atoms with van der Waals surface area (Å²) in [5, 5.41) is 0. The standard InChI is InChI=1S/C13H16N2O/c1-2-3-10-6-7-15-9-12(10)13-5-4-11(8-14)16-13/h4-7,9H,2-3,8,14H2,1H3. The Kier molecular flexibility index (Phi) is 3.37. The average Bonchev–Trinajstić information content (AvgIpc) is 2.79. The highest BCUT2D eigenvalue weighted by Crippen LogP contribution is 2.25. The van der Waals surface area contributed by atoms with Crippen molar-refractivity contribution in [1.82, 2.24) is 4.98 Å². The van der Waals surface area contributed by atoms with Crippen LogP contribution in [0.25, 0.3) is 11.3 Å². The molecule has 0 atom stereocenters. The predicted molar refractivity (Wildman–Crippen MR) is 63.8 cm³/mol. The fourth-order valence-electron chi connectivity index (χ4n) is 1.76. The number of nitrogens with zero attached hydrogens (tertiary/aromatic N) is 1. The van der Waals surface area contributed by atoms with Crippen molar-refractivity contribution in [3.8, 4) is 11.3 Å². The molecule has 2 aromatic rings. The average molecular weight is 216 g/mol. The van der Waals surface area contributed by atoms with Crippen molar-refractivity contribution in [2.45, 2.75) is 26.3 Å². The summed E-state index contributed by atoms with van der Waals surface area (Å²) < 4.78 is 5.64. The fourth-order valence-corrected chi connectivity index (χ4v) is 1.76. The van der Waals surface area contributed by atoms with Gasteiger partial charge in [-0.1, -0.05) is 13.3 Å². The van der Waals surface area contributed by atoms with Crippen molar-refractivity contribution in [2.75, 3.05) is 0 Å². The minimum absolute atomic E-state index is 0.434. The Hall–Kier alpha value is -1.61. The molecule has 16 heavy (non-hydrogen) atoms. The number of nitrogens with two attached hydrogens (primary N) is 1. The minimum Gasteiger partial charge on any atom is -0.460 e. The molecular formula is C13H16N2O. The molecule has 0 saturated heterocycles. The second kappa shape index (κ2) is 4.94. The van der Waals surface area contributed by atoms with E-state index in [2.05, 4.69) is 11.9 Å². The predicted octanol–water partition coefficient (Wildman–Crippen LogP) is 2.75. The summed E-state index contributed by atoms with van der Waals surface area (Å²) in [6, 6.07) is 5.92. The number of hydrogen-bond acceptors (Lipinski definition) is 3. The molecule has 0 aliphatic carbocycles. The second-order valence-electron chi connectivity index (χ2n) is 3.75. The van der Waals surface area contributed by atoms with Crippen molar-refractivity contribution < 1.29 is 4.42 Å². The topological polar surface area (TPSA) is 52.0 Å². The lowest BCUT2D eigenvalue weighted by Crippen LogP contribution is -1.93. The summed E-state index contributed by atoms with van der Waals surface area (Å²) in [6.07, 6.45) is 5.82. The molecule has 0 bridgehead atoms. The molecule has 2 rings (SSSR count). The van der Waals surface area contributed by atoms with Gasteiger partial charge in [0, 0.05) is 18.0 Å². The maximum absolute atomic E-state index is 5.64. The zero-order chi connectivity index (χ0) is 11.4. The van der Waals surface area contributed by atoms with E-state index in [1.54, 1.807) is 0 Å². The van der Waals surface area contributed by atoms with Crippen molar-refractivity contribution in [3.63, 3.8) is 0 Å². The number of furan rings is 1. The Morgan fingerprint density at radius 1 is 1.31 bits per heavy atom.